The van der Waals surface area contributed by atoms with Crippen molar-refractivity contribution in [1.82, 2.24) is 9.97 Å². The Labute approximate surface area is 123 Å². The molecule has 4 heteroatoms. The van der Waals surface area contributed by atoms with Gasteiger partial charge < -0.3 is 9.72 Å². The van der Waals surface area contributed by atoms with Gasteiger partial charge in [-0.15, -0.1) is 0 Å². The molecule has 0 spiro atoms. The average molecular weight is 282 g/mol. The van der Waals surface area contributed by atoms with E-state index in [0.29, 0.717) is 13.0 Å². The van der Waals surface area contributed by atoms with E-state index in [0.717, 1.165) is 41.1 Å². The van der Waals surface area contributed by atoms with Crippen molar-refractivity contribution in [2.45, 2.75) is 26.2 Å². The predicted molar refractivity (Wildman–Crippen MR) is 81.6 cm³/mol. The van der Waals surface area contributed by atoms with Gasteiger partial charge in [0.1, 0.15) is 5.75 Å². The number of carbonyl (C=O) groups excluding carboxylic acids is 1. The molecule has 1 aromatic heterocycles. The van der Waals surface area contributed by atoms with Crippen LogP contribution in [-0.2, 0) is 6.42 Å². The summed E-state index contributed by atoms with van der Waals surface area (Å²) in [5, 5.41) is 0. The lowest BCUT2D eigenvalue weighted by Crippen LogP contribution is -2.05. The summed E-state index contributed by atoms with van der Waals surface area (Å²) in [6, 6.07) is 5.66. The van der Waals surface area contributed by atoms with Gasteiger partial charge >= 0.3 is 0 Å². The highest BCUT2D eigenvalue weighted by molar-refractivity contribution is 6.02. The number of benzene rings is 1. The molecule has 4 nitrogen and oxygen atoms in total. The van der Waals surface area contributed by atoms with Crippen molar-refractivity contribution in [3.05, 3.63) is 53.1 Å². The molecule has 0 unspecified atom stereocenters. The lowest BCUT2D eigenvalue weighted by molar-refractivity contribution is 0.0994. The maximum atomic E-state index is 11.7. The summed E-state index contributed by atoms with van der Waals surface area (Å²) in [5.74, 6) is 0.986. The van der Waals surface area contributed by atoms with Crippen molar-refractivity contribution >= 4 is 11.9 Å². The minimum absolute atomic E-state index is 0.174. The molecule has 1 aliphatic rings. The maximum Gasteiger partial charge on any atom is 0.167 e. The van der Waals surface area contributed by atoms with Gasteiger partial charge in [0.25, 0.3) is 0 Å². The molecular formula is C17H18N2O2. The quantitative estimate of drug-likeness (QED) is 0.856. The smallest absolute Gasteiger partial charge is 0.167 e. The van der Waals surface area contributed by atoms with Crippen molar-refractivity contribution < 1.29 is 9.53 Å². The van der Waals surface area contributed by atoms with E-state index in [9.17, 15) is 4.79 Å². The number of allylic oxidation sites excluding steroid dienone is 1. The van der Waals surface area contributed by atoms with Crippen LogP contribution in [0.15, 0.2) is 30.6 Å². The highest BCUT2D eigenvalue weighted by Gasteiger charge is 2.13. The van der Waals surface area contributed by atoms with Gasteiger partial charge in [0.15, 0.2) is 5.78 Å². The van der Waals surface area contributed by atoms with Gasteiger partial charge in [0, 0.05) is 17.7 Å². The number of H-pyrrole nitrogens is 1. The lowest BCUT2D eigenvalue weighted by atomic mass is 9.96. The number of carbonyl (C=O) groups is 1. The summed E-state index contributed by atoms with van der Waals surface area (Å²) in [7, 11) is 0. The zero-order valence-electron chi connectivity index (χ0n) is 12.1. The topological polar surface area (TPSA) is 55.0 Å². The van der Waals surface area contributed by atoms with Gasteiger partial charge in [-0.25, -0.2) is 4.98 Å². The van der Waals surface area contributed by atoms with Gasteiger partial charge in [-0.3, -0.25) is 4.79 Å². The number of hydrogen-bond acceptors (Lipinski definition) is 3. The van der Waals surface area contributed by atoms with E-state index in [-0.39, 0.29) is 5.78 Å². The number of imidazole rings is 1. The van der Waals surface area contributed by atoms with Crippen LogP contribution in [0.25, 0.3) is 6.08 Å². The number of nitrogens with one attached hydrogen (secondary N) is 1. The molecule has 0 fully saturated rings. The molecule has 108 valence electrons. The lowest BCUT2D eigenvalue weighted by Gasteiger charge is -2.12. The monoisotopic (exact) mass is 282 g/mol. The number of rotatable bonds is 5. The summed E-state index contributed by atoms with van der Waals surface area (Å²) < 4.78 is 5.76. The molecule has 0 atom stereocenters. The van der Waals surface area contributed by atoms with Gasteiger partial charge in [-0.1, -0.05) is 12.2 Å². The van der Waals surface area contributed by atoms with Crippen LogP contribution in [0, 0.1) is 6.92 Å². The molecule has 1 aliphatic carbocycles. The number of fused-ring (bicyclic) bond motifs is 1. The molecule has 0 radical (unpaired) electrons. The highest BCUT2D eigenvalue weighted by atomic mass is 16.5. The SMILES string of the molecule is Cc1[nH]cnc1CCCOc1ccc2c(c1)C=CCC2=O. The van der Waals surface area contributed by atoms with Crippen LogP contribution >= 0.6 is 0 Å². The molecule has 0 saturated heterocycles. The Kier molecular flexibility index (Phi) is 3.86. The molecule has 2 aromatic rings. The van der Waals surface area contributed by atoms with Crippen LogP contribution in [0.4, 0.5) is 0 Å². The summed E-state index contributed by atoms with van der Waals surface area (Å²) >= 11 is 0. The first-order chi connectivity index (χ1) is 10.2. The van der Waals surface area contributed by atoms with Gasteiger partial charge in [-0.05, 0) is 43.5 Å². The fourth-order valence-electron chi connectivity index (χ4n) is 2.49. The van der Waals surface area contributed by atoms with Crippen molar-refractivity contribution in [3.63, 3.8) is 0 Å². The molecule has 3 rings (SSSR count). The number of aromatic nitrogens is 2. The second-order valence-electron chi connectivity index (χ2n) is 5.20. The number of ether oxygens (including phenoxy) is 1. The van der Waals surface area contributed by atoms with Crippen molar-refractivity contribution in [2.75, 3.05) is 6.61 Å². The zero-order chi connectivity index (χ0) is 14.7. The largest absolute Gasteiger partial charge is 0.494 e. The van der Waals surface area contributed by atoms with Gasteiger partial charge in [-0.2, -0.15) is 0 Å². The van der Waals surface area contributed by atoms with E-state index >= 15 is 0 Å². The van der Waals surface area contributed by atoms with Gasteiger partial charge in [0.2, 0.25) is 0 Å². The maximum absolute atomic E-state index is 11.7. The third kappa shape index (κ3) is 3.05. The minimum Gasteiger partial charge on any atom is -0.494 e. The van der Waals surface area contributed by atoms with E-state index in [1.54, 1.807) is 6.33 Å². The highest BCUT2D eigenvalue weighted by Crippen LogP contribution is 2.24. The van der Waals surface area contributed by atoms with E-state index in [1.165, 1.54) is 0 Å². The number of nitrogens with zero attached hydrogens (tertiary/aromatic N) is 1. The second kappa shape index (κ2) is 5.95. The number of aromatic amines is 1. The normalized spacial score (nSPS) is 13.3. The Bertz CT molecular complexity index is 686. The summed E-state index contributed by atoms with van der Waals surface area (Å²) in [6.45, 7) is 2.67. The number of ketones is 1. The van der Waals surface area contributed by atoms with E-state index < -0.39 is 0 Å². The van der Waals surface area contributed by atoms with E-state index in [4.69, 9.17) is 4.74 Å². The number of hydrogen-bond donors (Lipinski definition) is 1. The van der Waals surface area contributed by atoms with Crippen LogP contribution < -0.4 is 4.74 Å². The van der Waals surface area contributed by atoms with Crippen LogP contribution in [0.5, 0.6) is 5.75 Å². The van der Waals surface area contributed by atoms with Crippen molar-refractivity contribution in [3.8, 4) is 5.75 Å². The Balaban J connectivity index is 1.56. The summed E-state index contributed by atoms with van der Waals surface area (Å²) in [4.78, 5) is 19.1. The van der Waals surface area contributed by atoms with Crippen LogP contribution in [0.2, 0.25) is 0 Å². The standard InChI is InChI=1S/C17H18N2O2/c1-12-16(19-11-18-12)5-3-9-21-14-7-8-15-13(10-14)4-2-6-17(15)20/h2,4,7-8,10-11H,3,5-6,9H2,1H3,(H,18,19). The Morgan fingerprint density at radius 3 is 3.10 bits per heavy atom. The van der Waals surface area contributed by atoms with Crippen molar-refractivity contribution in [1.29, 1.82) is 0 Å². The molecule has 0 amide bonds. The molecule has 1 heterocycles. The van der Waals surface area contributed by atoms with E-state index in [2.05, 4.69) is 9.97 Å². The first-order valence-corrected chi connectivity index (χ1v) is 7.19. The second-order valence-corrected chi connectivity index (χ2v) is 5.20. The van der Waals surface area contributed by atoms with Gasteiger partial charge in [0.05, 0.1) is 18.6 Å². The number of Topliss-reactive ketones (excluding diaryl/α,β-unsaturated/α-hetero) is 1. The van der Waals surface area contributed by atoms with Crippen molar-refractivity contribution in [2.24, 2.45) is 0 Å². The first-order valence-electron chi connectivity index (χ1n) is 7.19. The molecule has 1 N–H and O–H groups in total. The minimum atomic E-state index is 0.174. The fraction of sp³-hybridized carbons (Fsp3) is 0.294. The molecule has 0 bridgehead atoms. The Morgan fingerprint density at radius 2 is 2.29 bits per heavy atom. The average Bonchev–Trinajstić information content (AvgIpc) is 2.89. The van der Waals surface area contributed by atoms with Crippen LogP contribution in [0.3, 0.4) is 0 Å². The number of aryl methyl sites for hydroxylation is 2. The molecule has 21 heavy (non-hydrogen) atoms. The fourth-order valence-corrected chi connectivity index (χ4v) is 2.49. The third-order valence-corrected chi connectivity index (χ3v) is 3.69. The van der Waals surface area contributed by atoms with E-state index in [1.807, 2.05) is 37.3 Å². The van der Waals surface area contributed by atoms with Crippen LogP contribution in [0.1, 0.15) is 40.2 Å². The Morgan fingerprint density at radius 1 is 1.38 bits per heavy atom. The Hall–Kier alpha value is -2.36. The molecule has 1 aromatic carbocycles. The molecule has 0 aliphatic heterocycles. The van der Waals surface area contributed by atoms with Crippen LogP contribution in [-0.4, -0.2) is 22.4 Å². The molecule has 0 saturated carbocycles. The zero-order valence-corrected chi connectivity index (χ0v) is 12.1. The summed E-state index contributed by atoms with van der Waals surface area (Å²) in [6.07, 6.45) is 7.91. The first kappa shape index (κ1) is 13.6. The summed E-state index contributed by atoms with van der Waals surface area (Å²) in [5.41, 5.74) is 3.95. The third-order valence-electron chi connectivity index (χ3n) is 3.69. The molecular weight excluding hydrogens is 264 g/mol. The predicted octanol–water partition coefficient (Wildman–Crippen LogP) is 3.33.